The lowest BCUT2D eigenvalue weighted by atomic mass is 9.90. The van der Waals surface area contributed by atoms with Gasteiger partial charge in [-0.15, -0.1) is 10.2 Å². The maximum absolute atomic E-state index is 6.14. The van der Waals surface area contributed by atoms with Gasteiger partial charge in [-0.1, -0.05) is 18.2 Å². The molecule has 3 heterocycles. The number of guanidine groups is 1. The summed E-state index contributed by atoms with van der Waals surface area (Å²) in [5.41, 5.74) is 0.976. The maximum atomic E-state index is 6.14. The Hall–Kier alpha value is -2.57. The van der Waals surface area contributed by atoms with E-state index in [1.54, 1.807) is 0 Å². The van der Waals surface area contributed by atoms with Crippen molar-refractivity contribution in [2.24, 2.45) is 10.9 Å². The molecule has 2 atom stereocenters. The second-order valence-corrected chi connectivity index (χ2v) is 8.43. The second-order valence-electron chi connectivity index (χ2n) is 8.43. The monoisotopic (exact) mass is 382 g/mol. The number of ether oxygens (including phenoxy) is 1. The van der Waals surface area contributed by atoms with Gasteiger partial charge in [0.15, 0.2) is 5.96 Å². The van der Waals surface area contributed by atoms with E-state index in [2.05, 4.69) is 56.4 Å². The number of benzene rings is 1. The molecule has 2 N–H and O–H groups in total. The average Bonchev–Trinajstić information content (AvgIpc) is 3.04. The average molecular weight is 383 g/mol. The molecule has 28 heavy (non-hydrogen) atoms. The van der Waals surface area contributed by atoms with Crippen molar-refractivity contribution in [2.75, 3.05) is 13.6 Å². The molecular formula is C21H30N6O. The van der Waals surface area contributed by atoms with Crippen LogP contribution in [-0.2, 0) is 13.0 Å². The van der Waals surface area contributed by atoms with Crippen molar-refractivity contribution >= 4 is 5.96 Å². The molecular weight excluding hydrogens is 352 g/mol. The van der Waals surface area contributed by atoms with Gasteiger partial charge in [0.05, 0.1) is 6.04 Å². The topological polar surface area (TPSA) is 76.4 Å². The van der Waals surface area contributed by atoms with Crippen molar-refractivity contribution in [3.05, 3.63) is 41.5 Å². The number of aliphatic imine (C=N–C) groups is 1. The van der Waals surface area contributed by atoms with Crippen LogP contribution in [0.3, 0.4) is 0 Å². The zero-order chi connectivity index (χ0) is 19.7. The highest BCUT2D eigenvalue weighted by atomic mass is 16.5. The van der Waals surface area contributed by atoms with Crippen LogP contribution in [0.5, 0.6) is 5.75 Å². The van der Waals surface area contributed by atoms with Crippen LogP contribution in [0.4, 0.5) is 0 Å². The molecule has 2 aliphatic heterocycles. The van der Waals surface area contributed by atoms with Gasteiger partial charge in [0.1, 0.15) is 23.0 Å². The van der Waals surface area contributed by atoms with Crippen molar-refractivity contribution < 1.29 is 4.74 Å². The fraction of sp³-hybridized carbons (Fsp3) is 0.571. The van der Waals surface area contributed by atoms with Crippen LogP contribution in [0.15, 0.2) is 29.3 Å². The fourth-order valence-corrected chi connectivity index (χ4v) is 4.23. The number of nitrogens with zero attached hydrogens (tertiary/aromatic N) is 4. The van der Waals surface area contributed by atoms with Gasteiger partial charge in [-0.25, -0.2) is 0 Å². The van der Waals surface area contributed by atoms with Crippen molar-refractivity contribution in [1.82, 2.24) is 25.4 Å². The van der Waals surface area contributed by atoms with E-state index in [1.165, 1.54) is 5.56 Å². The van der Waals surface area contributed by atoms with Gasteiger partial charge in [-0.05, 0) is 39.2 Å². The number of fused-ring (bicyclic) bond motifs is 2. The Kier molecular flexibility index (Phi) is 5.00. The molecule has 0 saturated heterocycles. The highest BCUT2D eigenvalue weighted by molar-refractivity contribution is 5.80. The summed E-state index contributed by atoms with van der Waals surface area (Å²) in [6, 6.07) is 8.43. The molecule has 0 fully saturated rings. The minimum atomic E-state index is -0.212. The third kappa shape index (κ3) is 3.84. The fourth-order valence-electron chi connectivity index (χ4n) is 4.23. The molecule has 1 aromatic heterocycles. The molecule has 0 saturated carbocycles. The van der Waals surface area contributed by atoms with Crippen molar-refractivity contribution in [3.63, 3.8) is 0 Å². The molecule has 0 radical (unpaired) electrons. The quantitative estimate of drug-likeness (QED) is 0.630. The standard InChI is InChI=1S/C21H30N6O/c1-14-25-26-19-10-9-15(13-27(14)19)12-23-20(22-4)24-17-11-21(2,3)28-18-8-6-5-7-16(17)18/h5-8,15,17H,9-13H2,1-4H3,(H2,22,23,24). The minimum Gasteiger partial charge on any atom is -0.487 e. The molecule has 0 bridgehead atoms. The predicted octanol–water partition coefficient (Wildman–Crippen LogP) is 2.62. The Bertz CT molecular complexity index is 872. The third-order valence-electron chi connectivity index (χ3n) is 5.70. The first-order valence-electron chi connectivity index (χ1n) is 10.1. The van der Waals surface area contributed by atoms with E-state index >= 15 is 0 Å². The summed E-state index contributed by atoms with van der Waals surface area (Å²) in [6.45, 7) is 8.14. The van der Waals surface area contributed by atoms with Crippen LogP contribution < -0.4 is 15.4 Å². The van der Waals surface area contributed by atoms with Crippen LogP contribution in [0, 0.1) is 12.8 Å². The van der Waals surface area contributed by atoms with E-state index in [9.17, 15) is 0 Å². The van der Waals surface area contributed by atoms with Gasteiger partial charge in [-0.3, -0.25) is 4.99 Å². The number of aromatic nitrogens is 3. The summed E-state index contributed by atoms with van der Waals surface area (Å²) in [6.07, 6.45) is 2.99. The summed E-state index contributed by atoms with van der Waals surface area (Å²) >= 11 is 0. The number of hydrogen-bond donors (Lipinski definition) is 2. The van der Waals surface area contributed by atoms with Gasteiger partial charge in [0.2, 0.25) is 0 Å². The van der Waals surface area contributed by atoms with E-state index in [0.717, 1.165) is 55.7 Å². The van der Waals surface area contributed by atoms with Crippen LogP contribution >= 0.6 is 0 Å². The van der Waals surface area contributed by atoms with E-state index in [0.29, 0.717) is 5.92 Å². The normalized spacial score (nSPS) is 23.4. The Balaban J connectivity index is 1.40. The molecule has 4 rings (SSSR count). The molecule has 2 aromatic rings. The summed E-state index contributed by atoms with van der Waals surface area (Å²) in [5.74, 6) is 4.44. The molecule has 0 spiro atoms. The highest BCUT2D eigenvalue weighted by Crippen LogP contribution is 2.39. The third-order valence-corrected chi connectivity index (χ3v) is 5.70. The van der Waals surface area contributed by atoms with Crippen LogP contribution in [-0.4, -0.2) is 39.9 Å². The lowest BCUT2D eigenvalue weighted by Gasteiger charge is -2.38. The molecule has 7 nitrogen and oxygen atoms in total. The zero-order valence-corrected chi connectivity index (χ0v) is 17.2. The molecule has 0 amide bonds. The lowest BCUT2D eigenvalue weighted by Crippen LogP contribution is -2.46. The number of para-hydroxylation sites is 1. The maximum Gasteiger partial charge on any atom is 0.191 e. The van der Waals surface area contributed by atoms with E-state index in [4.69, 9.17) is 4.74 Å². The van der Waals surface area contributed by atoms with E-state index in [1.807, 2.05) is 26.1 Å². The van der Waals surface area contributed by atoms with Crippen LogP contribution in [0.25, 0.3) is 0 Å². The first-order valence-corrected chi connectivity index (χ1v) is 10.1. The number of nitrogens with one attached hydrogen (secondary N) is 2. The van der Waals surface area contributed by atoms with Crippen molar-refractivity contribution in [3.8, 4) is 5.75 Å². The highest BCUT2D eigenvalue weighted by Gasteiger charge is 2.34. The van der Waals surface area contributed by atoms with E-state index < -0.39 is 0 Å². The molecule has 2 aliphatic rings. The predicted molar refractivity (Wildman–Crippen MR) is 110 cm³/mol. The summed E-state index contributed by atoms with van der Waals surface area (Å²) in [4.78, 5) is 4.46. The Morgan fingerprint density at radius 1 is 1.32 bits per heavy atom. The lowest BCUT2D eigenvalue weighted by molar-refractivity contribution is 0.0694. The Morgan fingerprint density at radius 3 is 2.96 bits per heavy atom. The van der Waals surface area contributed by atoms with Gasteiger partial charge in [0.25, 0.3) is 0 Å². The van der Waals surface area contributed by atoms with Crippen molar-refractivity contribution in [2.45, 2.75) is 58.2 Å². The Morgan fingerprint density at radius 2 is 2.14 bits per heavy atom. The smallest absolute Gasteiger partial charge is 0.191 e. The second kappa shape index (κ2) is 7.45. The minimum absolute atomic E-state index is 0.171. The van der Waals surface area contributed by atoms with Gasteiger partial charge in [-0.2, -0.15) is 0 Å². The number of aryl methyl sites for hydroxylation is 2. The van der Waals surface area contributed by atoms with E-state index in [-0.39, 0.29) is 11.6 Å². The largest absolute Gasteiger partial charge is 0.487 e. The van der Waals surface area contributed by atoms with Gasteiger partial charge < -0.3 is 19.9 Å². The van der Waals surface area contributed by atoms with Crippen LogP contribution in [0.1, 0.15) is 49.9 Å². The molecule has 7 heteroatoms. The first-order chi connectivity index (χ1) is 13.4. The molecule has 150 valence electrons. The van der Waals surface area contributed by atoms with Gasteiger partial charge in [0, 0.05) is 38.5 Å². The van der Waals surface area contributed by atoms with Crippen molar-refractivity contribution in [1.29, 1.82) is 0 Å². The molecule has 0 aliphatic carbocycles. The Labute approximate surface area is 166 Å². The van der Waals surface area contributed by atoms with Crippen LogP contribution in [0.2, 0.25) is 0 Å². The zero-order valence-electron chi connectivity index (χ0n) is 17.2. The van der Waals surface area contributed by atoms with Gasteiger partial charge >= 0.3 is 0 Å². The summed E-state index contributed by atoms with van der Waals surface area (Å²) in [7, 11) is 1.83. The SMILES string of the molecule is CN=C(NCC1CCc2nnc(C)n2C1)NC1CC(C)(C)Oc2ccccc21. The number of rotatable bonds is 3. The summed E-state index contributed by atoms with van der Waals surface area (Å²) < 4.78 is 8.38. The molecule has 1 aromatic carbocycles. The first kappa shape index (κ1) is 18.8. The number of hydrogen-bond acceptors (Lipinski definition) is 4. The molecule has 2 unspecified atom stereocenters. The summed E-state index contributed by atoms with van der Waals surface area (Å²) in [5, 5.41) is 15.6.